The Kier molecular flexibility index (Phi) is 5.49. The molecule has 5 atom stereocenters. The maximum absolute atomic E-state index is 11.0. The fourth-order valence-corrected chi connectivity index (χ4v) is 4.44. The molecule has 2 N–H and O–H groups in total. The Bertz CT molecular complexity index is 397. The van der Waals surface area contributed by atoms with Crippen LogP contribution in [0.2, 0.25) is 0 Å². The van der Waals surface area contributed by atoms with Gasteiger partial charge in [-0.25, -0.2) is 0 Å². The van der Waals surface area contributed by atoms with Crippen molar-refractivity contribution in [2.75, 3.05) is 6.54 Å². The van der Waals surface area contributed by atoms with Crippen molar-refractivity contribution >= 4 is 10.1 Å². The molecule has 3 unspecified atom stereocenters. The topological polar surface area (TPSA) is 66.4 Å². The smallest absolute Gasteiger partial charge is 0.267 e. The molecule has 5 heteroatoms. The van der Waals surface area contributed by atoms with Crippen molar-refractivity contribution < 1.29 is 13.0 Å². The SMILES string of the molecule is CC(NCCC(C)S(=O)(=O)O)C1C[C@H]2CCC[C@@H](C1)C2. The van der Waals surface area contributed by atoms with Gasteiger partial charge < -0.3 is 5.32 Å². The average molecular weight is 303 g/mol. The first-order valence-electron chi connectivity index (χ1n) is 8.06. The Morgan fingerprint density at radius 1 is 1.15 bits per heavy atom. The summed E-state index contributed by atoms with van der Waals surface area (Å²) in [4.78, 5) is 0. The summed E-state index contributed by atoms with van der Waals surface area (Å²) in [5, 5.41) is 2.80. The molecule has 0 aromatic rings. The van der Waals surface area contributed by atoms with Crippen molar-refractivity contribution in [2.45, 2.75) is 70.1 Å². The van der Waals surface area contributed by atoms with Gasteiger partial charge in [0.15, 0.2) is 0 Å². The van der Waals surface area contributed by atoms with Gasteiger partial charge in [-0.2, -0.15) is 8.42 Å². The lowest BCUT2D eigenvalue weighted by Crippen LogP contribution is -2.40. The highest BCUT2D eigenvalue weighted by Gasteiger charge is 2.33. The Balaban J connectivity index is 1.73. The average Bonchev–Trinajstić information content (AvgIpc) is 2.36. The summed E-state index contributed by atoms with van der Waals surface area (Å²) < 4.78 is 30.9. The van der Waals surface area contributed by atoms with Crippen molar-refractivity contribution in [1.29, 1.82) is 0 Å². The van der Waals surface area contributed by atoms with Crippen LogP contribution in [-0.2, 0) is 10.1 Å². The summed E-state index contributed by atoms with van der Waals surface area (Å²) in [7, 11) is -3.88. The fourth-order valence-electron chi connectivity index (χ4n) is 4.02. The van der Waals surface area contributed by atoms with Crippen LogP contribution in [0.15, 0.2) is 0 Å². The van der Waals surface area contributed by atoms with E-state index >= 15 is 0 Å². The van der Waals surface area contributed by atoms with Crippen LogP contribution in [0, 0.1) is 17.8 Å². The molecule has 20 heavy (non-hydrogen) atoms. The lowest BCUT2D eigenvalue weighted by atomic mass is 9.66. The predicted octanol–water partition coefficient (Wildman–Crippen LogP) is 2.85. The van der Waals surface area contributed by atoms with Gasteiger partial charge in [0.2, 0.25) is 0 Å². The second kappa shape index (κ2) is 6.75. The molecular weight excluding hydrogens is 274 g/mol. The minimum Gasteiger partial charge on any atom is -0.314 e. The van der Waals surface area contributed by atoms with Crippen LogP contribution in [0.1, 0.15) is 58.8 Å². The molecule has 0 radical (unpaired) electrons. The van der Waals surface area contributed by atoms with Crippen molar-refractivity contribution in [1.82, 2.24) is 5.32 Å². The first kappa shape index (κ1) is 16.2. The van der Waals surface area contributed by atoms with Gasteiger partial charge in [0.05, 0.1) is 5.25 Å². The largest absolute Gasteiger partial charge is 0.314 e. The van der Waals surface area contributed by atoms with Crippen LogP contribution in [0.3, 0.4) is 0 Å². The van der Waals surface area contributed by atoms with E-state index < -0.39 is 15.4 Å². The highest BCUT2D eigenvalue weighted by atomic mass is 32.2. The Morgan fingerprint density at radius 3 is 2.30 bits per heavy atom. The maximum Gasteiger partial charge on any atom is 0.267 e. The van der Waals surface area contributed by atoms with Gasteiger partial charge in [0.25, 0.3) is 10.1 Å². The van der Waals surface area contributed by atoms with E-state index in [1.165, 1.54) is 38.5 Å². The van der Waals surface area contributed by atoms with Crippen LogP contribution >= 0.6 is 0 Å². The second-order valence-electron chi connectivity index (χ2n) is 6.99. The zero-order chi connectivity index (χ0) is 14.8. The minimum atomic E-state index is -3.88. The highest BCUT2D eigenvalue weighted by molar-refractivity contribution is 7.86. The molecule has 4 nitrogen and oxygen atoms in total. The van der Waals surface area contributed by atoms with Crippen molar-refractivity contribution in [3.63, 3.8) is 0 Å². The van der Waals surface area contributed by atoms with Crippen molar-refractivity contribution in [3.8, 4) is 0 Å². The summed E-state index contributed by atoms with van der Waals surface area (Å²) in [6, 6.07) is 0.451. The van der Waals surface area contributed by atoms with Crippen molar-refractivity contribution in [3.05, 3.63) is 0 Å². The van der Waals surface area contributed by atoms with Crippen molar-refractivity contribution in [2.24, 2.45) is 17.8 Å². The normalized spacial score (nSPS) is 33.6. The van der Waals surface area contributed by atoms with Crippen LogP contribution in [0.4, 0.5) is 0 Å². The summed E-state index contributed by atoms with van der Waals surface area (Å²) in [6.07, 6.45) is 8.79. The lowest BCUT2D eigenvalue weighted by molar-refractivity contribution is 0.116. The molecular formula is C15H29NO3S. The Hall–Kier alpha value is -0.130. The third kappa shape index (κ3) is 4.43. The van der Waals surface area contributed by atoms with E-state index in [1.807, 2.05) is 0 Å². The highest BCUT2D eigenvalue weighted by Crippen LogP contribution is 2.43. The summed E-state index contributed by atoms with van der Waals surface area (Å²) in [5.41, 5.74) is 0. The van der Waals surface area contributed by atoms with E-state index in [1.54, 1.807) is 6.92 Å². The van der Waals surface area contributed by atoms with Gasteiger partial charge in [-0.1, -0.05) is 19.3 Å². The first-order chi connectivity index (χ1) is 9.36. The lowest BCUT2D eigenvalue weighted by Gasteiger charge is -2.41. The van der Waals surface area contributed by atoms with E-state index in [0.717, 1.165) is 17.8 Å². The molecule has 2 fully saturated rings. The van der Waals surface area contributed by atoms with Gasteiger partial charge in [-0.15, -0.1) is 0 Å². The Morgan fingerprint density at radius 2 is 1.75 bits per heavy atom. The third-order valence-corrected chi connectivity index (χ3v) is 6.65. The monoisotopic (exact) mass is 303 g/mol. The molecule has 2 aliphatic carbocycles. The molecule has 0 amide bonds. The molecule has 0 aromatic heterocycles. The summed E-state index contributed by atoms with van der Waals surface area (Å²) >= 11 is 0. The van der Waals surface area contributed by atoms with Gasteiger partial charge in [0.1, 0.15) is 0 Å². The van der Waals surface area contributed by atoms with E-state index in [-0.39, 0.29) is 0 Å². The quantitative estimate of drug-likeness (QED) is 0.741. The number of hydrogen-bond donors (Lipinski definition) is 2. The maximum atomic E-state index is 11.0. The van der Waals surface area contributed by atoms with E-state index in [4.69, 9.17) is 4.55 Å². The molecule has 0 aromatic carbocycles. The summed E-state index contributed by atoms with van der Waals surface area (Å²) in [5.74, 6) is 2.59. The molecule has 2 bridgehead atoms. The van der Waals surface area contributed by atoms with Crippen LogP contribution in [0.5, 0.6) is 0 Å². The fraction of sp³-hybridized carbons (Fsp3) is 1.00. The molecule has 0 spiro atoms. The number of nitrogens with one attached hydrogen (secondary N) is 1. The molecule has 0 saturated heterocycles. The zero-order valence-electron chi connectivity index (χ0n) is 12.7. The van der Waals surface area contributed by atoms with Gasteiger partial charge in [-0.3, -0.25) is 4.55 Å². The summed E-state index contributed by atoms with van der Waals surface area (Å²) in [6.45, 7) is 4.45. The minimum absolute atomic E-state index is 0.451. The number of rotatable bonds is 6. The molecule has 118 valence electrons. The predicted molar refractivity (Wildman–Crippen MR) is 81.3 cm³/mol. The molecule has 0 aliphatic heterocycles. The standard InChI is InChI=1S/C15H29NO3S/c1-11(20(17,18)19)6-7-16-12(2)15-9-13-4-3-5-14(8-13)10-15/h11-16H,3-10H2,1-2H3,(H,17,18,19)/t11?,12?,13-,14+,15?. The number of hydrogen-bond acceptors (Lipinski definition) is 3. The Labute approximate surface area is 123 Å². The van der Waals surface area contributed by atoms with E-state index in [0.29, 0.717) is 19.0 Å². The van der Waals surface area contributed by atoms with Gasteiger partial charge in [-0.05, 0) is 63.8 Å². The van der Waals surface area contributed by atoms with Crippen LogP contribution in [0.25, 0.3) is 0 Å². The molecule has 2 rings (SSSR count). The van der Waals surface area contributed by atoms with Gasteiger partial charge >= 0.3 is 0 Å². The van der Waals surface area contributed by atoms with E-state index in [2.05, 4.69) is 12.2 Å². The first-order valence-corrected chi connectivity index (χ1v) is 9.56. The third-order valence-electron chi connectivity index (χ3n) is 5.40. The molecule has 0 heterocycles. The second-order valence-corrected chi connectivity index (χ2v) is 8.82. The van der Waals surface area contributed by atoms with Crippen LogP contribution in [-0.4, -0.2) is 30.8 Å². The molecule has 2 saturated carbocycles. The zero-order valence-corrected chi connectivity index (χ0v) is 13.5. The van der Waals surface area contributed by atoms with Crippen LogP contribution < -0.4 is 5.32 Å². The number of fused-ring (bicyclic) bond motifs is 2. The van der Waals surface area contributed by atoms with E-state index in [9.17, 15) is 8.42 Å². The molecule has 2 aliphatic rings. The van der Waals surface area contributed by atoms with Gasteiger partial charge in [0, 0.05) is 6.04 Å².